The smallest absolute Gasteiger partial charge is 0.270 e. The number of benzene rings is 3. The first kappa shape index (κ1) is 14.1. The third kappa shape index (κ3) is 2.23. The molecule has 5 nitrogen and oxygen atoms in total. The van der Waals surface area contributed by atoms with Crippen LogP contribution in [-0.2, 0) is 0 Å². The fourth-order valence-corrected chi connectivity index (χ4v) is 3.01. The highest BCUT2D eigenvalue weighted by molar-refractivity contribution is 6.05. The van der Waals surface area contributed by atoms with E-state index in [9.17, 15) is 10.1 Å². The van der Waals surface area contributed by atoms with Gasteiger partial charge in [0, 0.05) is 23.1 Å². The number of non-ortho nitro benzene ring substituents is 1. The first-order valence-corrected chi connectivity index (χ1v) is 7.46. The van der Waals surface area contributed by atoms with Gasteiger partial charge in [0.1, 0.15) is 5.82 Å². The maximum absolute atomic E-state index is 11.3. The average molecular weight is 315 g/mol. The van der Waals surface area contributed by atoms with Crippen molar-refractivity contribution in [1.82, 2.24) is 4.98 Å². The topological polar surface area (TPSA) is 82.0 Å². The second-order valence-electron chi connectivity index (χ2n) is 5.58. The molecule has 4 rings (SSSR count). The Labute approximate surface area is 137 Å². The number of nitro groups is 1. The van der Waals surface area contributed by atoms with E-state index in [0.717, 1.165) is 16.3 Å². The molecule has 0 spiro atoms. The van der Waals surface area contributed by atoms with E-state index in [0.29, 0.717) is 22.3 Å². The van der Waals surface area contributed by atoms with Crippen molar-refractivity contribution in [2.24, 2.45) is 0 Å². The van der Waals surface area contributed by atoms with Gasteiger partial charge in [0.2, 0.25) is 0 Å². The van der Waals surface area contributed by atoms with Crippen LogP contribution < -0.4 is 5.73 Å². The van der Waals surface area contributed by atoms with Crippen LogP contribution in [0.4, 0.5) is 11.5 Å². The van der Waals surface area contributed by atoms with Crippen LogP contribution in [0.5, 0.6) is 0 Å². The van der Waals surface area contributed by atoms with Gasteiger partial charge in [-0.1, -0.05) is 42.5 Å². The molecule has 1 aromatic heterocycles. The number of rotatable bonds is 2. The van der Waals surface area contributed by atoms with Gasteiger partial charge in [-0.05, 0) is 28.5 Å². The molecule has 1 heterocycles. The monoisotopic (exact) mass is 315 g/mol. The van der Waals surface area contributed by atoms with E-state index in [4.69, 9.17) is 5.73 Å². The summed E-state index contributed by atoms with van der Waals surface area (Å²) in [7, 11) is 0. The molecule has 0 unspecified atom stereocenters. The Balaban J connectivity index is 2.14. The van der Waals surface area contributed by atoms with E-state index in [1.165, 1.54) is 6.07 Å². The molecule has 0 amide bonds. The summed E-state index contributed by atoms with van der Waals surface area (Å²) in [6.45, 7) is 0. The van der Waals surface area contributed by atoms with Crippen molar-refractivity contribution in [2.75, 3.05) is 5.73 Å². The molecule has 0 saturated heterocycles. The maximum atomic E-state index is 11.3. The number of nitrogen functional groups attached to an aromatic ring is 1. The Morgan fingerprint density at radius 1 is 0.875 bits per heavy atom. The number of pyridine rings is 1. The standard InChI is InChI=1S/C19H13N3O2/c20-18-9-8-13-10-14(22(23)24)11-17(19(13)21-18)16-7-3-5-12-4-1-2-6-15(12)16/h1-11H,(H2,20,21). The first-order valence-electron chi connectivity index (χ1n) is 7.46. The van der Waals surface area contributed by atoms with Crippen molar-refractivity contribution in [2.45, 2.75) is 0 Å². The van der Waals surface area contributed by atoms with Gasteiger partial charge in [0.05, 0.1) is 10.4 Å². The van der Waals surface area contributed by atoms with Gasteiger partial charge in [-0.3, -0.25) is 10.1 Å². The Kier molecular flexibility index (Phi) is 3.13. The van der Waals surface area contributed by atoms with E-state index >= 15 is 0 Å². The predicted octanol–water partition coefficient (Wildman–Crippen LogP) is 4.55. The van der Waals surface area contributed by atoms with Crippen LogP contribution in [0.3, 0.4) is 0 Å². The molecular formula is C19H13N3O2. The van der Waals surface area contributed by atoms with E-state index < -0.39 is 0 Å². The molecule has 2 N–H and O–H groups in total. The number of hydrogen-bond donors (Lipinski definition) is 1. The molecule has 116 valence electrons. The third-order valence-electron chi connectivity index (χ3n) is 4.09. The number of aromatic nitrogens is 1. The van der Waals surface area contributed by atoms with Gasteiger partial charge in [-0.15, -0.1) is 0 Å². The zero-order valence-corrected chi connectivity index (χ0v) is 12.6. The number of nitrogens with two attached hydrogens (primary N) is 1. The van der Waals surface area contributed by atoms with Gasteiger partial charge in [0.15, 0.2) is 0 Å². The number of nitro benzene ring substituents is 1. The molecule has 4 aromatic rings. The van der Waals surface area contributed by atoms with Crippen molar-refractivity contribution in [1.29, 1.82) is 0 Å². The van der Waals surface area contributed by atoms with Crippen LogP contribution in [0, 0.1) is 10.1 Å². The molecule has 0 bridgehead atoms. The molecule has 0 aliphatic rings. The lowest BCUT2D eigenvalue weighted by Gasteiger charge is -2.10. The van der Waals surface area contributed by atoms with Gasteiger partial charge >= 0.3 is 0 Å². The van der Waals surface area contributed by atoms with Crippen LogP contribution in [0.15, 0.2) is 66.7 Å². The quantitative estimate of drug-likeness (QED) is 0.434. The minimum Gasteiger partial charge on any atom is -0.384 e. The van der Waals surface area contributed by atoms with Crippen molar-refractivity contribution < 1.29 is 4.92 Å². The van der Waals surface area contributed by atoms with Gasteiger partial charge < -0.3 is 5.73 Å². The van der Waals surface area contributed by atoms with E-state index in [2.05, 4.69) is 4.98 Å². The fourth-order valence-electron chi connectivity index (χ4n) is 3.01. The van der Waals surface area contributed by atoms with Crippen molar-refractivity contribution in [3.63, 3.8) is 0 Å². The molecule has 0 fully saturated rings. The maximum Gasteiger partial charge on any atom is 0.270 e. The summed E-state index contributed by atoms with van der Waals surface area (Å²) < 4.78 is 0. The lowest BCUT2D eigenvalue weighted by Crippen LogP contribution is -1.95. The summed E-state index contributed by atoms with van der Waals surface area (Å²) in [5.41, 5.74) is 8.15. The molecular weight excluding hydrogens is 302 g/mol. The van der Waals surface area contributed by atoms with Gasteiger partial charge in [-0.2, -0.15) is 0 Å². The lowest BCUT2D eigenvalue weighted by molar-refractivity contribution is -0.384. The lowest BCUT2D eigenvalue weighted by atomic mass is 9.95. The van der Waals surface area contributed by atoms with E-state index in [1.807, 2.05) is 42.5 Å². The van der Waals surface area contributed by atoms with Crippen LogP contribution in [0.1, 0.15) is 0 Å². The number of hydrogen-bond acceptors (Lipinski definition) is 4. The molecule has 5 heteroatoms. The van der Waals surface area contributed by atoms with E-state index in [1.54, 1.807) is 18.2 Å². The summed E-state index contributed by atoms with van der Waals surface area (Å²) in [5.74, 6) is 0.387. The highest BCUT2D eigenvalue weighted by atomic mass is 16.6. The first-order chi connectivity index (χ1) is 11.6. The Morgan fingerprint density at radius 3 is 2.50 bits per heavy atom. The SMILES string of the molecule is Nc1ccc2cc([N+](=O)[O-])cc(-c3cccc4ccccc34)c2n1. The minimum absolute atomic E-state index is 0.0389. The molecule has 0 atom stereocenters. The van der Waals surface area contributed by atoms with Crippen molar-refractivity contribution >= 4 is 33.2 Å². The average Bonchev–Trinajstić information content (AvgIpc) is 2.60. The third-order valence-corrected chi connectivity index (χ3v) is 4.09. The highest BCUT2D eigenvalue weighted by Gasteiger charge is 2.15. The van der Waals surface area contributed by atoms with Crippen LogP contribution in [-0.4, -0.2) is 9.91 Å². The van der Waals surface area contributed by atoms with Gasteiger partial charge in [0.25, 0.3) is 5.69 Å². The molecule has 0 saturated carbocycles. The highest BCUT2D eigenvalue weighted by Crippen LogP contribution is 2.36. The summed E-state index contributed by atoms with van der Waals surface area (Å²) in [6.07, 6.45) is 0. The zero-order valence-electron chi connectivity index (χ0n) is 12.6. The summed E-state index contributed by atoms with van der Waals surface area (Å²) in [5, 5.41) is 14.1. The van der Waals surface area contributed by atoms with Crippen molar-refractivity contribution in [3.8, 4) is 11.1 Å². The Morgan fingerprint density at radius 2 is 1.67 bits per heavy atom. The molecule has 24 heavy (non-hydrogen) atoms. The van der Waals surface area contributed by atoms with E-state index in [-0.39, 0.29) is 10.6 Å². The van der Waals surface area contributed by atoms with Crippen LogP contribution in [0.2, 0.25) is 0 Å². The minimum atomic E-state index is -0.384. The summed E-state index contributed by atoms with van der Waals surface area (Å²) >= 11 is 0. The van der Waals surface area contributed by atoms with Crippen molar-refractivity contribution in [3.05, 3.63) is 76.8 Å². The number of anilines is 1. The number of nitrogens with zero attached hydrogens (tertiary/aromatic N) is 2. The largest absolute Gasteiger partial charge is 0.384 e. The second-order valence-corrected chi connectivity index (χ2v) is 5.58. The summed E-state index contributed by atoms with van der Waals surface area (Å²) in [6, 6.07) is 20.3. The Hall–Kier alpha value is -3.47. The molecule has 0 radical (unpaired) electrons. The molecule has 0 aliphatic carbocycles. The van der Waals surface area contributed by atoms with Crippen LogP contribution >= 0.6 is 0 Å². The number of fused-ring (bicyclic) bond motifs is 2. The van der Waals surface area contributed by atoms with Gasteiger partial charge in [-0.25, -0.2) is 4.98 Å². The Bertz CT molecular complexity index is 1100. The van der Waals surface area contributed by atoms with Crippen LogP contribution in [0.25, 0.3) is 32.8 Å². The second kappa shape index (κ2) is 5.31. The predicted molar refractivity (Wildman–Crippen MR) is 95.8 cm³/mol. The normalized spacial score (nSPS) is 11.0. The molecule has 0 aliphatic heterocycles. The fraction of sp³-hybridized carbons (Fsp3) is 0. The summed E-state index contributed by atoms with van der Waals surface area (Å²) in [4.78, 5) is 15.3. The molecule has 3 aromatic carbocycles. The zero-order chi connectivity index (χ0) is 16.7.